The highest BCUT2D eigenvalue weighted by Gasteiger charge is 2.32. The largest absolute Gasteiger partial charge is 0.335 e. The molecule has 0 radical (unpaired) electrons. The van der Waals surface area contributed by atoms with Crippen LogP contribution in [-0.4, -0.2) is 34.4 Å². The summed E-state index contributed by atoms with van der Waals surface area (Å²) in [5, 5.41) is 2.62. The number of aryl methyl sites for hydroxylation is 1. The van der Waals surface area contributed by atoms with Gasteiger partial charge in [-0.25, -0.2) is 9.97 Å². The van der Waals surface area contributed by atoms with E-state index in [9.17, 15) is 9.59 Å². The second-order valence-electron chi connectivity index (χ2n) is 4.23. The van der Waals surface area contributed by atoms with E-state index in [0.717, 1.165) is 0 Å². The van der Waals surface area contributed by atoms with Crippen molar-refractivity contribution in [1.82, 2.24) is 15.3 Å². The zero-order valence-corrected chi connectivity index (χ0v) is 11.1. The van der Waals surface area contributed by atoms with Crippen LogP contribution < -0.4 is 10.2 Å². The van der Waals surface area contributed by atoms with Crippen molar-refractivity contribution in [1.29, 1.82) is 0 Å². The summed E-state index contributed by atoms with van der Waals surface area (Å²) >= 11 is 6.00. The molecule has 18 heavy (non-hydrogen) atoms. The van der Waals surface area contributed by atoms with Crippen LogP contribution in [0, 0.1) is 13.8 Å². The molecule has 2 rings (SSSR count). The zero-order chi connectivity index (χ0) is 13.4. The minimum absolute atomic E-state index is 0.0839. The van der Waals surface area contributed by atoms with E-state index in [1.54, 1.807) is 25.7 Å². The first-order chi connectivity index (χ1) is 8.40. The van der Waals surface area contributed by atoms with Gasteiger partial charge >= 0.3 is 0 Å². The van der Waals surface area contributed by atoms with Crippen molar-refractivity contribution in [2.75, 3.05) is 11.4 Å². The number of hydrogen-bond acceptors (Lipinski definition) is 5. The van der Waals surface area contributed by atoms with Crippen LogP contribution in [0.3, 0.4) is 0 Å². The highest BCUT2D eigenvalue weighted by atomic mass is 35.5. The molecule has 2 amide bonds. The predicted molar refractivity (Wildman–Crippen MR) is 66.5 cm³/mol. The second-order valence-corrected chi connectivity index (χ2v) is 4.58. The van der Waals surface area contributed by atoms with Crippen molar-refractivity contribution in [3.63, 3.8) is 0 Å². The Labute approximate surface area is 109 Å². The van der Waals surface area contributed by atoms with E-state index in [-0.39, 0.29) is 18.4 Å². The number of piperazine rings is 1. The van der Waals surface area contributed by atoms with Gasteiger partial charge in [-0.15, -0.1) is 0 Å². The van der Waals surface area contributed by atoms with E-state index in [0.29, 0.717) is 22.4 Å². The molecule has 0 spiro atoms. The Bertz CT molecular complexity index is 532. The molecule has 1 aliphatic rings. The van der Waals surface area contributed by atoms with Crippen molar-refractivity contribution < 1.29 is 9.59 Å². The van der Waals surface area contributed by atoms with Crippen LogP contribution in [0.5, 0.6) is 0 Å². The number of halogens is 1. The Balaban J connectivity index is 2.47. The maximum absolute atomic E-state index is 11.6. The van der Waals surface area contributed by atoms with Crippen molar-refractivity contribution >= 4 is 29.2 Å². The third kappa shape index (κ3) is 2.15. The smallest absolute Gasteiger partial charge is 0.249 e. The van der Waals surface area contributed by atoms with Gasteiger partial charge in [0, 0.05) is 5.56 Å². The van der Waals surface area contributed by atoms with Crippen LogP contribution in [0.1, 0.15) is 18.3 Å². The number of nitrogens with zero attached hydrogens (tertiary/aromatic N) is 3. The fraction of sp³-hybridized carbons (Fsp3) is 0.455. The summed E-state index contributed by atoms with van der Waals surface area (Å²) in [5.41, 5.74) is 0.664. The van der Waals surface area contributed by atoms with Crippen molar-refractivity contribution in [3.8, 4) is 0 Å². The molecular weight excluding hydrogens is 256 g/mol. The number of hydrogen-bond donors (Lipinski definition) is 1. The van der Waals surface area contributed by atoms with Crippen LogP contribution >= 0.6 is 11.6 Å². The van der Waals surface area contributed by atoms with Gasteiger partial charge in [0.2, 0.25) is 11.8 Å². The van der Waals surface area contributed by atoms with E-state index in [1.165, 1.54) is 0 Å². The summed E-state index contributed by atoms with van der Waals surface area (Å²) in [6.45, 7) is 5.28. The van der Waals surface area contributed by atoms with Crippen LogP contribution in [0.2, 0.25) is 5.15 Å². The Kier molecular flexibility index (Phi) is 3.21. The molecular formula is C11H13ClN4O2. The normalized spacial score (nSPS) is 20.0. The number of nitrogens with one attached hydrogen (secondary N) is 1. The van der Waals surface area contributed by atoms with E-state index in [1.807, 2.05) is 0 Å². The molecule has 6 nitrogen and oxygen atoms in total. The first kappa shape index (κ1) is 12.8. The minimum atomic E-state index is -0.466. The molecule has 1 fully saturated rings. The zero-order valence-electron chi connectivity index (χ0n) is 10.3. The van der Waals surface area contributed by atoms with Gasteiger partial charge in [0.15, 0.2) is 0 Å². The summed E-state index contributed by atoms with van der Waals surface area (Å²) < 4.78 is 0. The maximum Gasteiger partial charge on any atom is 0.249 e. The lowest BCUT2D eigenvalue weighted by Crippen LogP contribution is -2.57. The van der Waals surface area contributed by atoms with E-state index < -0.39 is 6.04 Å². The van der Waals surface area contributed by atoms with Gasteiger partial charge in [0.05, 0.1) is 6.54 Å². The molecule has 1 aromatic heterocycles. The molecule has 1 aromatic rings. The fourth-order valence-electron chi connectivity index (χ4n) is 1.83. The molecule has 96 valence electrons. The number of anilines is 1. The molecule has 1 unspecified atom stereocenters. The Morgan fingerprint density at radius 3 is 2.67 bits per heavy atom. The van der Waals surface area contributed by atoms with Crippen molar-refractivity contribution in [2.45, 2.75) is 26.8 Å². The van der Waals surface area contributed by atoms with Crippen molar-refractivity contribution in [2.24, 2.45) is 0 Å². The number of aromatic nitrogens is 2. The first-order valence-corrected chi connectivity index (χ1v) is 5.89. The Morgan fingerprint density at radius 1 is 1.33 bits per heavy atom. The standard InChI is InChI=1S/C11H13ClN4O2/c1-5-9(12)13-7(3)14-10(5)16-4-8(17)15-11(18)6(16)2/h6H,4H2,1-3H3,(H,15,17,18). The fourth-order valence-corrected chi connectivity index (χ4v) is 2.04. The molecule has 7 heteroatoms. The lowest BCUT2D eigenvalue weighted by molar-refractivity contribution is -0.132. The quantitative estimate of drug-likeness (QED) is 0.596. The average molecular weight is 269 g/mol. The molecule has 1 aliphatic heterocycles. The SMILES string of the molecule is Cc1nc(Cl)c(C)c(N2CC(=O)NC(=O)C2C)n1. The van der Waals surface area contributed by atoms with Gasteiger partial charge in [-0.3, -0.25) is 14.9 Å². The summed E-state index contributed by atoms with van der Waals surface area (Å²) in [4.78, 5) is 33.0. The summed E-state index contributed by atoms with van der Waals surface area (Å²) in [7, 11) is 0. The van der Waals surface area contributed by atoms with E-state index >= 15 is 0 Å². The molecule has 0 aromatic carbocycles. The predicted octanol–water partition coefficient (Wildman–Crippen LogP) is 0.598. The maximum atomic E-state index is 11.6. The van der Waals surface area contributed by atoms with Gasteiger partial charge in [-0.05, 0) is 20.8 Å². The van der Waals surface area contributed by atoms with Gasteiger partial charge in [-0.2, -0.15) is 0 Å². The molecule has 1 saturated heterocycles. The molecule has 1 N–H and O–H groups in total. The molecule has 0 saturated carbocycles. The van der Waals surface area contributed by atoms with E-state index in [4.69, 9.17) is 11.6 Å². The third-order valence-corrected chi connectivity index (χ3v) is 3.24. The molecule has 1 atom stereocenters. The van der Waals surface area contributed by atoms with Gasteiger partial charge in [0.25, 0.3) is 0 Å². The van der Waals surface area contributed by atoms with Gasteiger partial charge < -0.3 is 4.90 Å². The lowest BCUT2D eigenvalue weighted by Gasteiger charge is -2.33. The van der Waals surface area contributed by atoms with Crippen LogP contribution in [0.4, 0.5) is 5.82 Å². The Hall–Kier alpha value is -1.69. The highest BCUT2D eigenvalue weighted by molar-refractivity contribution is 6.30. The van der Waals surface area contributed by atoms with Crippen molar-refractivity contribution in [3.05, 3.63) is 16.5 Å². The number of carbonyl (C=O) groups excluding carboxylic acids is 2. The van der Waals surface area contributed by atoms with Gasteiger partial charge in [-0.1, -0.05) is 11.6 Å². The number of carbonyl (C=O) groups is 2. The van der Waals surface area contributed by atoms with Crippen LogP contribution in [-0.2, 0) is 9.59 Å². The minimum Gasteiger partial charge on any atom is -0.335 e. The molecule has 0 bridgehead atoms. The summed E-state index contributed by atoms with van der Waals surface area (Å²) in [6.07, 6.45) is 0. The molecule has 2 heterocycles. The number of amides is 2. The second kappa shape index (κ2) is 4.53. The third-order valence-electron chi connectivity index (χ3n) is 2.87. The number of imide groups is 1. The Morgan fingerprint density at radius 2 is 2.00 bits per heavy atom. The monoisotopic (exact) mass is 268 g/mol. The topological polar surface area (TPSA) is 75.2 Å². The van der Waals surface area contributed by atoms with Gasteiger partial charge in [0.1, 0.15) is 22.8 Å². The summed E-state index contributed by atoms with van der Waals surface area (Å²) in [6, 6.07) is -0.466. The van der Waals surface area contributed by atoms with Crippen LogP contribution in [0.15, 0.2) is 0 Å². The average Bonchev–Trinajstić information content (AvgIpc) is 2.28. The lowest BCUT2D eigenvalue weighted by atomic mass is 10.2. The summed E-state index contributed by atoms with van der Waals surface area (Å²) in [5.74, 6) is 0.359. The van der Waals surface area contributed by atoms with Crippen LogP contribution in [0.25, 0.3) is 0 Å². The first-order valence-electron chi connectivity index (χ1n) is 5.51. The molecule has 0 aliphatic carbocycles. The van der Waals surface area contributed by atoms with E-state index in [2.05, 4.69) is 15.3 Å². The highest BCUT2D eigenvalue weighted by Crippen LogP contribution is 2.25. The number of rotatable bonds is 1.